The Morgan fingerprint density at radius 1 is 1.18 bits per heavy atom. The standard InChI is InChI=1S/C18H21N3O6S/c1-11-5-8-16(27-4)17(9-11)28(25,26)20-13(3)18(22)19-15-10-14(21(23)24)7-6-12(15)2/h5-10,13,20H,1-4H3,(H,19,22)/t13-/m1/s1. The molecule has 0 aliphatic rings. The molecular weight excluding hydrogens is 386 g/mol. The molecule has 10 heteroatoms. The van der Waals surface area contributed by atoms with Gasteiger partial charge in [-0.15, -0.1) is 0 Å². The lowest BCUT2D eigenvalue weighted by atomic mass is 10.1. The third-order valence-corrected chi connectivity index (χ3v) is 5.59. The van der Waals surface area contributed by atoms with Crippen LogP contribution in [0.15, 0.2) is 41.3 Å². The normalized spacial score (nSPS) is 12.3. The predicted octanol–water partition coefficient (Wildman–Crippen LogP) is 2.53. The summed E-state index contributed by atoms with van der Waals surface area (Å²) >= 11 is 0. The highest BCUT2D eigenvalue weighted by Gasteiger charge is 2.25. The van der Waals surface area contributed by atoms with Crippen molar-refractivity contribution in [3.63, 3.8) is 0 Å². The second kappa shape index (κ2) is 8.36. The van der Waals surface area contributed by atoms with E-state index in [2.05, 4.69) is 10.0 Å². The number of aryl methyl sites for hydroxylation is 2. The molecule has 0 saturated carbocycles. The van der Waals surface area contributed by atoms with E-state index >= 15 is 0 Å². The fraction of sp³-hybridized carbons (Fsp3) is 0.278. The number of nitrogens with one attached hydrogen (secondary N) is 2. The summed E-state index contributed by atoms with van der Waals surface area (Å²) in [6.07, 6.45) is 0. The smallest absolute Gasteiger partial charge is 0.271 e. The molecule has 0 spiro atoms. The van der Waals surface area contributed by atoms with Gasteiger partial charge in [-0.1, -0.05) is 12.1 Å². The average Bonchev–Trinajstić information content (AvgIpc) is 2.62. The van der Waals surface area contributed by atoms with E-state index in [0.29, 0.717) is 11.1 Å². The van der Waals surface area contributed by atoms with Crippen LogP contribution in [-0.4, -0.2) is 32.4 Å². The van der Waals surface area contributed by atoms with Crippen LogP contribution in [0.1, 0.15) is 18.1 Å². The SMILES string of the molecule is COc1ccc(C)cc1S(=O)(=O)N[C@H](C)C(=O)Nc1cc([N+](=O)[O-])ccc1C. The van der Waals surface area contributed by atoms with Crippen molar-refractivity contribution in [1.82, 2.24) is 4.72 Å². The van der Waals surface area contributed by atoms with Crippen molar-refractivity contribution in [2.75, 3.05) is 12.4 Å². The van der Waals surface area contributed by atoms with Gasteiger partial charge in [0, 0.05) is 12.1 Å². The first kappa shape index (κ1) is 21.3. The van der Waals surface area contributed by atoms with Gasteiger partial charge in [0.1, 0.15) is 10.6 Å². The molecule has 2 rings (SSSR count). The monoisotopic (exact) mass is 407 g/mol. The Labute approximate surface area is 162 Å². The number of hydrogen-bond donors (Lipinski definition) is 2. The van der Waals surface area contributed by atoms with Gasteiger partial charge < -0.3 is 10.1 Å². The summed E-state index contributed by atoms with van der Waals surface area (Å²) < 4.78 is 32.8. The molecule has 9 nitrogen and oxygen atoms in total. The third-order valence-electron chi connectivity index (χ3n) is 4.02. The Morgan fingerprint density at radius 2 is 1.86 bits per heavy atom. The van der Waals surface area contributed by atoms with Crippen LogP contribution in [0.5, 0.6) is 5.75 Å². The van der Waals surface area contributed by atoms with Crippen LogP contribution in [0, 0.1) is 24.0 Å². The molecule has 2 aromatic rings. The maximum Gasteiger partial charge on any atom is 0.271 e. The van der Waals surface area contributed by atoms with E-state index in [-0.39, 0.29) is 22.0 Å². The molecule has 1 atom stereocenters. The topological polar surface area (TPSA) is 128 Å². The van der Waals surface area contributed by atoms with Gasteiger partial charge in [-0.2, -0.15) is 4.72 Å². The minimum atomic E-state index is -4.04. The highest BCUT2D eigenvalue weighted by Crippen LogP contribution is 2.25. The number of ether oxygens (including phenoxy) is 1. The quantitative estimate of drug-likeness (QED) is 0.536. The molecule has 0 radical (unpaired) electrons. The van der Waals surface area contributed by atoms with E-state index in [9.17, 15) is 23.3 Å². The van der Waals surface area contributed by atoms with Gasteiger partial charge >= 0.3 is 0 Å². The Hall–Kier alpha value is -2.98. The van der Waals surface area contributed by atoms with Crippen molar-refractivity contribution in [1.29, 1.82) is 0 Å². The molecule has 2 N–H and O–H groups in total. The van der Waals surface area contributed by atoms with Crippen LogP contribution in [0.3, 0.4) is 0 Å². The maximum absolute atomic E-state index is 12.7. The number of methoxy groups -OCH3 is 1. The first-order valence-corrected chi connectivity index (χ1v) is 9.76. The molecule has 28 heavy (non-hydrogen) atoms. The van der Waals surface area contributed by atoms with Crippen LogP contribution in [0.25, 0.3) is 0 Å². The van der Waals surface area contributed by atoms with Crippen LogP contribution < -0.4 is 14.8 Å². The van der Waals surface area contributed by atoms with Gasteiger partial charge in [0.05, 0.1) is 23.8 Å². The fourth-order valence-electron chi connectivity index (χ4n) is 2.44. The number of benzene rings is 2. The number of carbonyl (C=O) groups excluding carboxylic acids is 1. The van der Waals surface area contributed by atoms with Crippen LogP contribution >= 0.6 is 0 Å². The number of carbonyl (C=O) groups is 1. The molecule has 0 aromatic heterocycles. The summed E-state index contributed by atoms with van der Waals surface area (Å²) in [6.45, 7) is 4.79. The highest BCUT2D eigenvalue weighted by molar-refractivity contribution is 7.89. The number of non-ortho nitro benzene ring substituents is 1. The lowest BCUT2D eigenvalue weighted by Gasteiger charge is -2.17. The van der Waals surface area contributed by atoms with Crippen LogP contribution in [-0.2, 0) is 14.8 Å². The molecule has 0 heterocycles. The summed E-state index contributed by atoms with van der Waals surface area (Å²) in [5.74, 6) is -0.501. The van der Waals surface area contributed by atoms with Crippen molar-refractivity contribution in [2.24, 2.45) is 0 Å². The molecule has 0 aliphatic heterocycles. The van der Waals surface area contributed by atoms with Gasteiger partial charge in [0.15, 0.2) is 0 Å². The summed E-state index contributed by atoms with van der Waals surface area (Å²) in [5, 5.41) is 13.4. The molecule has 2 aromatic carbocycles. The van der Waals surface area contributed by atoms with E-state index < -0.39 is 26.9 Å². The number of nitrogens with zero attached hydrogens (tertiary/aromatic N) is 1. The van der Waals surface area contributed by atoms with Crippen molar-refractivity contribution in [3.8, 4) is 5.75 Å². The molecule has 0 saturated heterocycles. The van der Waals surface area contributed by atoms with Crippen LogP contribution in [0.2, 0.25) is 0 Å². The van der Waals surface area contributed by atoms with Gasteiger partial charge in [-0.05, 0) is 44.0 Å². The van der Waals surface area contributed by atoms with Crippen molar-refractivity contribution < 1.29 is 22.9 Å². The third kappa shape index (κ3) is 4.84. The van der Waals surface area contributed by atoms with E-state index in [1.54, 1.807) is 19.9 Å². The Morgan fingerprint density at radius 3 is 2.46 bits per heavy atom. The van der Waals surface area contributed by atoms with Crippen molar-refractivity contribution >= 4 is 27.3 Å². The van der Waals surface area contributed by atoms with Gasteiger partial charge in [-0.3, -0.25) is 14.9 Å². The lowest BCUT2D eigenvalue weighted by Crippen LogP contribution is -2.41. The minimum absolute atomic E-state index is 0.0822. The molecule has 0 unspecified atom stereocenters. The summed E-state index contributed by atoms with van der Waals surface area (Å²) in [6, 6.07) is 7.59. The predicted molar refractivity (Wildman–Crippen MR) is 104 cm³/mol. The highest BCUT2D eigenvalue weighted by atomic mass is 32.2. The molecular formula is C18H21N3O6S. The Bertz CT molecular complexity index is 1020. The van der Waals surface area contributed by atoms with Gasteiger partial charge in [0.25, 0.3) is 5.69 Å². The first-order chi connectivity index (χ1) is 13.0. The fourth-order valence-corrected chi connectivity index (χ4v) is 3.90. The van der Waals surface area contributed by atoms with E-state index in [1.165, 1.54) is 44.4 Å². The zero-order valence-electron chi connectivity index (χ0n) is 15.8. The Balaban J connectivity index is 2.22. The van der Waals surface area contributed by atoms with Gasteiger partial charge in [-0.25, -0.2) is 8.42 Å². The molecule has 1 amide bonds. The van der Waals surface area contributed by atoms with E-state index in [1.807, 2.05) is 0 Å². The van der Waals surface area contributed by atoms with Gasteiger partial charge in [0.2, 0.25) is 15.9 Å². The lowest BCUT2D eigenvalue weighted by molar-refractivity contribution is -0.384. The Kier molecular flexibility index (Phi) is 6.37. The van der Waals surface area contributed by atoms with E-state index in [4.69, 9.17) is 4.74 Å². The number of hydrogen-bond acceptors (Lipinski definition) is 6. The largest absolute Gasteiger partial charge is 0.495 e. The zero-order valence-corrected chi connectivity index (χ0v) is 16.7. The maximum atomic E-state index is 12.7. The molecule has 0 fully saturated rings. The summed E-state index contributed by atoms with van der Waals surface area (Å²) in [5.41, 5.74) is 1.37. The molecule has 0 aliphatic carbocycles. The number of amides is 1. The second-order valence-electron chi connectivity index (χ2n) is 6.24. The number of nitro groups is 1. The zero-order chi connectivity index (χ0) is 21.1. The molecule has 0 bridgehead atoms. The second-order valence-corrected chi connectivity index (χ2v) is 7.93. The summed E-state index contributed by atoms with van der Waals surface area (Å²) in [4.78, 5) is 22.7. The minimum Gasteiger partial charge on any atom is -0.495 e. The first-order valence-electron chi connectivity index (χ1n) is 8.28. The number of sulfonamides is 1. The number of nitro benzene ring substituents is 1. The number of rotatable bonds is 7. The average molecular weight is 407 g/mol. The van der Waals surface area contributed by atoms with Crippen LogP contribution in [0.4, 0.5) is 11.4 Å². The number of anilines is 1. The van der Waals surface area contributed by atoms with E-state index in [0.717, 1.165) is 0 Å². The van der Waals surface area contributed by atoms with Crippen molar-refractivity contribution in [2.45, 2.75) is 31.7 Å². The van der Waals surface area contributed by atoms with Crippen molar-refractivity contribution in [3.05, 3.63) is 57.6 Å². The summed E-state index contributed by atoms with van der Waals surface area (Å²) in [7, 11) is -2.69. The molecule has 150 valence electrons.